The Kier molecular flexibility index (Phi) is 10.4. The number of carboxylic acids is 1. The van der Waals surface area contributed by atoms with Gasteiger partial charge < -0.3 is 37.8 Å². The number of carboxylic acid groups (broad SMARTS) is 1. The molecule has 1 aliphatic heterocycles. The van der Waals surface area contributed by atoms with Crippen LogP contribution >= 0.6 is 12.6 Å². The molecule has 9 N–H and O–H groups in total. The first-order chi connectivity index (χ1) is 14.1. The number of aliphatic carboxylic acids is 1. The van der Waals surface area contributed by atoms with E-state index in [9.17, 15) is 24.3 Å². The number of carbonyl (C=O) groups is 4. The lowest BCUT2D eigenvalue weighted by Crippen LogP contribution is -2.57. The molecule has 4 unspecified atom stereocenters. The first kappa shape index (κ1) is 25.5. The van der Waals surface area contributed by atoms with Gasteiger partial charge in [-0.15, -0.1) is 0 Å². The number of nitrogens with zero attached hydrogens (tertiary/aromatic N) is 2. The Morgan fingerprint density at radius 2 is 1.90 bits per heavy atom. The fourth-order valence-electron chi connectivity index (χ4n) is 3.01. The maximum Gasteiger partial charge on any atom is 0.326 e. The molecule has 12 nitrogen and oxygen atoms in total. The molecule has 3 amide bonds. The number of hydrogen-bond donors (Lipinski definition) is 7. The topological polar surface area (TPSA) is 206 Å². The zero-order chi connectivity index (χ0) is 22.8. The minimum absolute atomic E-state index is 0.0155. The van der Waals surface area contributed by atoms with Crippen molar-refractivity contribution in [2.24, 2.45) is 22.2 Å². The quantitative estimate of drug-likeness (QED) is 0.0772. The van der Waals surface area contributed by atoms with E-state index in [1.54, 1.807) is 0 Å². The third kappa shape index (κ3) is 7.71. The standard InChI is InChI=1S/C17H31N7O5S/c1-9(22-14(26)10(18)4-2-6-21-17(19)20)13(25)23-11(8-30)15(27)24-7-3-5-12(24)16(28)29/h9-12,30H,2-8,18H2,1H3,(H,22,26)(H,23,25)(H,28,29)(H4,19,20,21). The van der Waals surface area contributed by atoms with E-state index in [4.69, 9.17) is 17.2 Å². The van der Waals surface area contributed by atoms with E-state index >= 15 is 0 Å². The molecular weight excluding hydrogens is 414 g/mol. The van der Waals surface area contributed by atoms with Crippen molar-refractivity contribution in [3.63, 3.8) is 0 Å². The van der Waals surface area contributed by atoms with Crippen LogP contribution in [0.2, 0.25) is 0 Å². The average molecular weight is 446 g/mol. The van der Waals surface area contributed by atoms with Gasteiger partial charge in [-0.3, -0.25) is 19.4 Å². The van der Waals surface area contributed by atoms with Gasteiger partial charge in [0.15, 0.2) is 5.96 Å². The summed E-state index contributed by atoms with van der Waals surface area (Å²) < 4.78 is 0. The largest absolute Gasteiger partial charge is 0.480 e. The van der Waals surface area contributed by atoms with Crippen LogP contribution in [-0.2, 0) is 19.2 Å². The Labute approximate surface area is 180 Å². The Morgan fingerprint density at radius 3 is 2.47 bits per heavy atom. The highest BCUT2D eigenvalue weighted by atomic mass is 32.1. The molecule has 0 radical (unpaired) electrons. The molecular formula is C17H31N7O5S. The van der Waals surface area contributed by atoms with E-state index in [1.165, 1.54) is 11.8 Å². The van der Waals surface area contributed by atoms with Gasteiger partial charge in [-0.05, 0) is 32.6 Å². The third-order valence-electron chi connectivity index (χ3n) is 4.67. The summed E-state index contributed by atoms with van der Waals surface area (Å²) in [6.45, 7) is 2.09. The molecule has 0 spiro atoms. The molecule has 0 bridgehead atoms. The molecule has 1 aliphatic rings. The molecule has 0 aromatic carbocycles. The zero-order valence-corrected chi connectivity index (χ0v) is 17.8. The molecule has 170 valence electrons. The second-order valence-electron chi connectivity index (χ2n) is 7.06. The first-order valence-electron chi connectivity index (χ1n) is 9.64. The van der Waals surface area contributed by atoms with Crippen LogP contribution in [0.25, 0.3) is 0 Å². The molecule has 13 heteroatoms. The number of likely N-dealkylation sites (tertiary alicyclic amines) is 1. The minimum Gasteiger partial charge on any atom is -0.480 e. The van der Waals surface area contributed by atoms with E-state index in [2.05, 4.69) is 28.3 Å². The van der Waals surface area contributed by atoms with Crippen molar-refractivity contribution >= 4 is 42.3 Å². The number of hydrogen-bond acceptors (Lipinski definition) is 7. The summed E-state index contributed by atoms with van der Waals surface area (Å²) in [5.74, 6) is -2.79. The summed E-state index contributed by atoms with van der Waals surface area (Å²) in [6.07, 6.45) is 1.75. The van der Waals surface area contributed by atoms with Crippen LogP contribution < -0.4 is 27.8 Å². The van der Waals surface area contributed by atoms with E-state index in [0.717, 1.165) is 0 Å². The number of nitrogens with one attached hydrogen (secondary N) is 2. The maximum absolute atomic E-state index is 12.6. The van der Waals surface area contributed by atoms with Crippen LogP contribution in [0.15, 0.2) is 4.99 Å². The Hall–Kier alpha value is -2.54. The monoisotopic (exact) mass is 445 g/mol. The number of nitrogens with two attached hydrogens (primary N) is 3. The molecule has 4 atom stereocenters. The fraction of sp³-hybridized carbons (Fsp3) is 0.706. The molecule has 30 heavy (non-hydrogen) atoms. The SMILES string of the molecule is CC(NC(=O)C(N)CCCN=C(N)N)C(=O)NC(CS)C(=O)N1CCCC1C(=O)O. The molecule has 1 rings (SSSR count). The predicted molar refractivity (Wildman–Crippen MR) is 114 cm³/mol. The molecule has 0 aromatic heterocycles. The van der Waals surface area contributed by atoms with Crippen molar-refractivity contribution in [2.45, 2.75) is 56.8 Å². The summed E-state index contributed by atoms with van der Waals surface area (Å²) in [6, 6.07) is -3.72. The predicted octanol–water partition coefficient (Wildman–Crippen LogP) is -2.64. The van der Waals surface area contributed by atoms with Gasteiger partial charge in [-0.2, -0.15) is 12.6 Å². The van der Waals surface area contributed by atoms with Gasteiger partial charge in [0.2, 0.25) is 17.7 Å². The van der Waals surface area contributed by atoms with Crippen LogP contribution in [0.1, 0.15) is 32.6 Å². The molecule has 1 fully saturated rings. The maximum atomic E-state index is 12.6. The van der Waals surface area contributed by atoms with Crippen LogP contribution in [0.3, 0.4) is 0 Å². The van der Waals surface area contributed by atoms with Crippen molar-refractivity contribution in [3.8, 4) is 0 Å². The van der Waals surface area contributed by atoms with E-state index in [1.807, 2.05) is 0 Å². The van der Waals surface area contributed by atoms with Crippen LogP contribution in [0.4, 0.5) is 0 Å². The summed E-state index contributed by atoms with van der Waals surface area (Å²) in [5.41, 5.74) is 16.2. The summed E-state index contributed by atoms with van der Waals surface area (Å²) in [4.78, 5) is 53.5. The van der Waals surface area contributed by atoms with E-state index in [-0.39, 0.29) is 11.7 Å². The summed E-state index contributed by atoms with van der Waals surface area (Å²) >= 11 is 4.09. The fourth-order valence-corrected chi connectivity index (χ4v) is 3.25. The van der Waals surface area contributed by atoms with Crippen LogP contribution in [0.5, 0.6) is 0 Å². The van der Waals surface area contributed by atoms with Crippen LogP contribution in [-0.4, -0.2) is 82.7 Å². The number of guanidine groups is 1. The third-order valence-corrected chi connectivity index (χ3v) is 5.04. The number of rotatable bonds is 11. The highest BCUT2D eigenvalue weighted by molar-refractivity contribution is 7.80. The van der Waals surface area contributed by atoms with Gasteiger partial charge in [-0.1, -0.05) is 0 Å². The van der Waals surface area contributed by atoms with Crippen molar-refractivity contribution in [1.82, 2.24) is 15.5 Å². The average Bonchev–Trinajstić information content (AvgIpc) is 3.18. The molecule has 1 heterocycles. The molecule has 0 saturated carbocycles. The first-order valence-corrected chi connectivity index (χ1v) is 10.3. The van der Waals surface area contributed by atoms with Gasteiger partial charge in [-0.25, -0.2) is 4.79 Å². The zero-order valence-electron chi connectivity index (χ0n) is 16.9. The second kappa shape index (κ2) is 12.2. The Balaban J connectivity index is 2.56. The number of thiol groups is 1. The number of carbonyl (C=O) groups excluding carboxylic acids is 3. The smallest absolute Gasteiger partial charge is 0.326 e. The van der Waals surface area contributed by atoms with Crippen molar-refractivity contribution < 1.29 is 24.3 Å². The number of amides is 3. The lowest BCUT2D eigenvalue weighted by atomic mass is 10.1. The minimum atomic E-state index is -1.08. The molecule has 1 saturated heterocycles. The van der Waals surface area contributed by atoms with Crippen molar-refractivity contribution in [3.05, 3.63) is 0 Å². The van der Waals surface area contributed by atoms with Crippen LogP contribution in [0, 0.1) is 0 Å². The van der Waals surface area contributed by atoms with Gasteiger partial charge in [0.05, 0.1) is 6.04 Å². The lowest BCUT2D eigenvalue weighted by Gasteiger charge is -2.27. The Bertz CT molecular complexity index is 671. The van der Waals surface area contributed by atoms with Crippen molar-refractivity contribution in [1.29, 1.82) is 0 Å². The van der Waals surface area contributed by atoms with Gasteiger partial charge in [0, 0.05) is 18.8 Å². The van der Waals surface area contributed by atoms with Gasteiger partial charge in [0.1, 0.15) is 18.1 Å². The Morgan fingerprint density at radius 1 is 1.23 bits per heavy atom. The number of aliphatic imine (C=N–C) groups is 1. The summed E-state index contributed by atoms with van der Waals surface area (Å²) in [5, 5.41) is 14.2. The van der Waals surface area contributed by atoms with E-state index < -0.39 is 47.9 Å². The van der Waals surface area contributed by atoms with Gasteiger partial charge in [0.25, 0.3) is 0 Å². The lowest BCUT2D eigenvalue weighted by molar-refractivity contribution is -0.149. The van der Waals surface area contributed by atoms with Crippen molar-refractivity contribution in [2.75, 3.05) is 18.8 Å². The summed E-state index contributed by atoms with van der Waals surface area (Å²) in [7, 11) is 0. The van der Waals surface area contributed by atoms with Gasteiger partial charge >= 0.3 is 5.97 Å². The second-order valence-corrected chi connectivity index (χ2v) is 7.42. The highest BCUT2D eigenvalue weighted by Crippen LogP contribution is 2.18. The van der Waals surface area contributed by atoms with E-state index in [0.29, 0.717) is 38.8 Å². The normalized spacial score (nSPS) is 18.8. The molecule has 0 aliphatic carbocycles. The molecule has 0 aromatic rings. The highest BCUT2D eigenvalue weighted by Gasteiger charge is 2.37.